The summed E-state index contributed by atoms with van der Waals surface area (Å²) in [6.45, 7) is 5.40. The van der Waals surface area contributed by atoms with Gasteiger partial charge in [0.05, 0.1) is 5.92 Å². The Labute approximate surface area is 149 Å². The molecular weight excluding hydrogens is 316 g/mol. The summed E-state index contributed by atoms with van der Waals surface area (Å²) in [6.07, 6.45) is 9.86. The number of likely N-dealkylation sites (tertiary alicyclic amines) is 2. The van der Waals surface area contributed by atoms with Gasteiger partial charge in [-0.1, -0.05) is 0 Å². The molecule has 3 aliphatic rings. The van der Waals surface area contributed by atoms with Crippen molar-refractivity contribution >= 4 is 11.8 Å². The highest BCUT2D eigenvalue weighted by atomic mass is 16.2. The Balaban J connectivity index is 1.23. The lowest BCUT2D eigenvalue weighted by molar-refractivity contribution is -0.137. The van der Waals surface area contributed by atoms with E-state index in [-0.39, 0.29) is 17.7 Å². The van der Waals surface area contributed by atoms with Gasteiger partial charge in [0, 0.05) is 51.0 Å². The van der Waals surface area contributed by atoms with E-state index in [0.717, 1.165) is 57.6 Å². The van der Waals surface area contributed by atoms with Crippen molar-refractivity contribution in [1.29, 1.82) is 0 Å². The zero-order valence-corrected chi connectivity index (χ0v) is 15.1. The first-order valence-electron chi connectivity index (χ1n) is 9.68. The highest BCUT2D eigenvalue weighted by Crippen LogP contribution is 2.33. The van der Waals surface area contributed by atoms with Crippen LogP contribution in [0.3, 0.4) is 0 Å². The zero-order chi connectivity index (χ0) is 17.4. The number of carbonyl (C=O) groups is 2. The SMILES string of the molecule is Cc1nccn1CCC1CCN(C(=O)C2CC(=O)N(C3CC3)C2)CC1. The van der Waals surface area contributed by atoms with Crippen LogP contribution in [0.25, 0.3) is 0 Å². The Morgan fingerprint density at radius 2 is 2.00 bits per heavy atom. The molecule has 6 heteroatoms. The summed E-state index contributed by atoms with van der Waals surface area (Å²) in [5.74, 6) is 2.04. The van der Waals surface area contributed by atoms with E-state index in [4.69, 9.17) is 0 Å². The van der Waals surface area contributed by atoms with E-state index in [9.17, 15) is 9.59 Å². The summed E-state index contributed by atoms with van der Waals surface area (Å²) in [5.41, 5.74) is 0. The van der Waals surface area contributed by atoms with Crippen molar-refractivity contribution in [2.24, 2.45) is 11.8 Å². The number of nitrogens with zero attached hydrogens (tertiary/aromatic N) is 4. The largest absolute Gasteiger partial charge is 0.342 e. The van der Waals surface area contributed by atoms with Gasteiger partial charge in [0.2, 0.25) is 11.8 Å². The van der Waals surface area contributed by atoms with Crippen LogP contribution in [0.15, 0.2) is 12.4 Å². The summed E-state index contributed by atoms with van der Waals surface area (Å²) in [5, 5.41) is 0. The van der Waals surface area contributed by atoms with Gasteiger partial charge in [0.15, 0.2) is 0 Å². The number of hydrogen-bond donors (Lipinski definition) is 0. The number of aryl methyl sites for hydroxylation is 2. The van der Waals surface area contributed by atoms with E-state index in [2.05, 4.69) is 9.55 Å². The first-order valence-corrected chi connectivity index (χ1v) is 9.68. The van der Waals surface area contributed by atoms with Gasteiger partial charge in [-0.15, -0.1) is 0 Å². The maximum Gasteiger partial charge on any atom is 0.227 e. The molecule has 1 unspecified atom stereocenters. The summed E-state index contributed by atoms with van der Waals surface area (Å²) in [6, 6.07) is 0.433. The summed E-state index contributed by atoms with van der Waals surface area (Å²) in [4.78, 5) is 33.1. The molecule has 0 N–H and O–H groups in total. The van der Waals surface area contributed by atoms with Crippen LogP contribution in [-0.2, 0) is 16.1 Å². The molecule has 1 aliphatic carbocycles. The molecule has 6 nitrogen and oxygen atoms in total. The Morgan fingerprint density at radius 1 is 1.24 bits per heavy atom. The van der Waals surface area contributed by atoms with Crippen molar-refractivity contribution in [3.8, 4) is 0 Å². The number of carbonyl (C=O) groups excluding carboxylic acids is 2. The molecule has 136 valence electrons. The fourth-order valence-electron chi connectivity index (χ4n) is 4.30. The Hall–Kier alpha value is -1.85. The normalized spacial score (nSPS) is 25.0. The molecule has 0 bridgehead atoms. The number of rotatable bonds is 5. The molecule has 4 rings (SSSR count). The van der Waals surface area contributed by atoms with Crippen LogP contribution in [0.1, 0.15) is 44.3 Å². The molecule has 2 saturated heterocycles. The van der Waals surface area contributed by atoms with Crippen LogP contribution in [0, 0.1) is 18.8 Å². The van der Waals surface area contributed by atoms with Gasteiger partial charge in [0.1, 0.15) is 5.82 Å². The summed E-state index contributed by atoms with van der Waals surface area (Å²) >= 11 is 0. The molecule has 25 heavy (non-hydrogen) atoms. The van der Waals surface area contributed by atoms with Crippen LogP contribution < -0.4 is 0 Å². The summed E-state index contributed by atoms with van der Waals surface area (Å²) < 4.78 is 2.20. The monoisotopic (exact) mass is 344 g/mol. The second kappa shape index (κ2) is 6.81. The maximum atomic E-state index is 12.8. The molecule has 2 amide bonds. The lowest BCUT2D eigenvalue weighted by atomic mass is 9.92. The molecule has 0 spiro atoms. The molecule has 2 aliphatic heterocycles. The van der Waals surface area contributed by atoms with Gasteiger partial charge in [-0.05, 0) is 44.9 Å². The third-order valence-corrected chi connectivity index (χ3v) is 6.12. The van der Waals surface area contributed by atoms with Crippen molar-refractivity contribution in [2.45, 2.75) is 58.0 Å². The van der Waals surface area contributed by atoms with Crippen LogP contribution in [-0.4, -0.2) is 56.8 Å². The van der Waals surface area contributed by atoms with Crippen LogP contribution in [0.5, 0.6) is 0 Å². The molecule has 3 heterocycles. The second-order valence-electron chi connectivity index (χ2n) is 7.90. The molecule has 1 atom stereocenters. The summed E-state index contributed by atoms with van der Waals surface area (Å²) in [7, 11) is 0. The lowest BCUT2D eigenvalue weighted by Gasteiger charge is -2.33. The molecule has 1 aromatic heterocycles. The van der Waals surface area contributed by atoms with Gasteiger partial charge in [0.25, 0.3) is 0 Å². The van der Waals surface area contributed by atoms with Gasteiger partial charge in [-0.2, -0.15) is 0 Å². The average Bonchev–Trinajstić information content (AvgIpc) is 3.27. The van der Waals surface area contributed by atoms with E-state index in [0.29, 0.717) is 24.9 Å². The number of hydrogen-bond acceptors (Lipinski definition) is 3. The van der Waals surface area contributed by atoms with Crippen LogP contribution >= 0.6 is 0 Å². The first kappa shape index (κ1) is 16.6. The number of aromatic nitrogens is 2. The highest BCUT2D eigenvalue weighted by molar-refractivity contribution is 5.89. The molecular formula is C19H28N4O2. The van der Waals surface area contributed by atoms with Gasteiger partial charge in [-0.3, -0.25) is 9.59 Å². The molecule has 1 aromatic rings. The Kier molecular flexibility index (Phi) is 4.52. The number of imidazole rings is 1. The predicted molar refractivity (Wildman–Crippen MR) is 93.7 cm³/mol. The van der Waals surface area contributed by atoms with Crippen molar-refractivity contribution in [1.82, 2.24) is 19.4 Å². The smallest absolute Gasteiger partial charge is 0.227 e. The quantitative estimate of drug-likeness (QED) is 0.819. The minimum Gasteiger partial charge on any atom is -0.342 e. The van der Waals surface area contributed by atoms with Crippen molar-refractivity contribution < 1.29 is 9.59 Å². The Morgan fingerprint density at radius 3 is 2.64 bits per heavy atom. The van der Waals surface area contributed by atoms with Gasteiger partial charge < -0.3 is 14.4 Å². The van der Waals surface area contributed by atoms with Crippen molar-refractivity contribution in [3.05, 3.63) is 18.2 Å². The molecule has 1 saturated carbocycles. The fraction of sp³-hybridized carbons (Fsp3) is 0.737. The van der Waals surface area contributed by atoms with E-state index < -0.39 is 0 Å². The minimum atomic E-state index is -0.0988. The minimum absolute atomic E-state index is 0.0988. The van der Waals surface area contributed by atoms with Crippen LogP contribution in [0.2, 0.25) is 0 Å². The Bertz CT molecular complexity index is 644. The molecule has 3 fully saturated rings. The van der Waals surface area contributed by atoms with Crippen LogP contribution in [0.4, 0.5) is 0 Å². The predicted octanol–water partition coefficient (Wildman–Crippen LogP) is 1.83. The number of amides is 2. The topological polar surface area (TPSA) is 58.4 Å². The second-order valence-corrected chi connectivity index (χ2v) is 7.90. The van der Waals surface area contributed by atoms with E-state index >= 15 is 0 Å². The highest BCUT2D eigenvalue weighted by Gasteiger charge is 2.43. The van der Waals surface area contributed by atoms with E-state index in [1.807, 2.05) is 29.1 Å². The average molecular weight is 344 g/mol. The van der Waals surface area contributed by atoms with Gasteiger partial charge >= 0.3 is 0 Å². The van der Waals surface area contributed by atoms with E-state index in [1.54, 1.807) is 0 Å². The van der Waals surface area contributed by atoms with Gasteiger partial charge in [-0.25, -0.2) is 4.98 Å². The number of piperidine rings is 1. The van der Waals surface area contributed by atoms with E-state index in [1.165, 1.54) is 0 Å². The standard InChI is InChI=1S/C19H28N4O2/c1-14-20-7-11-21(14)8-4-15-5-9-22(10-6-15)19(25)16-12-18(24)23(13-16)17-2-3-17/h7,11,15-17H,2-6,8-10,12-13H2,1H3. The van der Waals surface area contributed by atoms with Crippen molar-refractivity contribution in [3.63, 3.8) is 0 Å². The molecule has 0 aromatic carbocycles. The molecule has 0 radical (unpaired) electrons. The third-order valence-electron chi connectivity index (χ3n) is 6.12. The third kappa shape index (κ3) is 3.58. The lowest BCUT2D eigenvalue weighted by Crippen LogP contribution is -2.42. The fourth-order valence-corrected chi connectivity index (χ4v) is 4.30. The van der Waals surface area contributed by atoms with Crippen molar-refractivity contribution in [2.75, 3.05) is 19.6 Å². The maximum absolute atomic E-state index is 12.8. The zero-order valence-electron chi connectivity index (χ0n) is 15.1. The first-order chi connectivity index (χ1) is 12.1.